The number of benzene rings is 3. The Kier molecular flexibility index (Phi) is 9.35. The molecule has 5 aromatic rings. The van der Waals surface area contributed by atoms with Gasteiger partial charge in [0.05, 0.1) is 5.69 Å². The lowest BCUT2D eigenvalue weighted by Gasteiger charge is -2.39. The van der Waals surface area contributed by atoms with E-state index in [1.807, 2.05) is 18.2 Å². The molecule has 0 bridgehead atoms. The molecule has 1 aliphatic rings. The molecular formula is C36H39FN8O3. The van der Waals surface area contributed by atoms with E-state index >= 15 is 4.39 Å². The summed E-state index contributed by atoms with van der Waals surface area (Å²) >= 11 is 0. The number of likely N-dealkylation sites (N-methyl/N-ethyl adjacent to an activating group) is 1. The third-order valence-corrected chi connectivity index (χ3v) is 8.99. The molecule has 6 rings (SSSR count). The van der Waals surface area contributed by atoms with Crippen LogP contribution < -0.4 is 15.5 Å². The minimum atomic E-state index is -0.683. The molecule has 0 aliphatic carbocycles. The number of aromatic nitrogens is 4. The Labute approximate surface area is 279 Å². The standard InChI is InChI=1S/C36H39FN8O3/c1-21-7-11-29(24(4)23(21)3)30-17-26(34-39-25(5)48-43-34)8-9-27(30)20-47-36(46)42-33-13-14-38-35(41-33)40-28-10-12-32(31(37)18-28)45-16-15-44(6)22(2)19-45/h7-14,17-18,22H,15-16,19-20H2,1-6H3,(H2,38,40,41,42,46). The molecule has 1 aliphatic heterocycles. The highest BCUT2D eigenvalue weighted by atomic mass is 19.1. The smallest absolute Gasteiger partial charge is 0.413 e. The summed E-state index contributed by atoms with van der Waals surface area (Å²) in [6.45, 7) is 12.5. The van der Waals surface area contributed by atoms with Gasteiger partial charge in [0.1, 0.15) is 18.2 Å². The number of hydrogen-bond acceptors (Lipinski definition) is 10. The van der Waals surface area contributed by atoms with Gasteiger partial charge in [-0.1, -0.05) is 29.4 Å². The zero-order chi connectivity index (χ0) is 33.9. The zero-order valence-electron chi connectivity index (χ0n) is 28.0. The number of anilines is 4. The molecule has 1 unspecified atom stereocenters. The van der Waals surface area contributed by atoms with Gasteiger partial charge >= 0.3 is 6.09 Å². The van der Waals surface area contributed by atoms with Crippen molar-refractivity contribution >= 4 is 29.2 Å². The first-order valence-electron chi connectivity index (χ1n) is 15.8. The minimum absolute atomic E-state index is 0.00693. The maximum atomic E-state index is 15.1. The van der Waals surface area contributed by atoms with Crippen molar-refractivity contribution in [3.63, 3.8) is 0 Å². The van der Waals surface area contributed by atoms with E-state index < -0.39 is 6.09 Å². The van der Waals surface area contributed by atoms with Gasteiger partial charge in [0.25, 0.3) is 0 Å². The molecule has 0 saturated carbocycles. The van der Waals surface area contributed by atoms with Crippen LogP contribution in [0.1, 0.15) is 35.1 Å². The van der Waals surface area contributed by atoms with Crippen LogP contribution in [0.5, 0.6) is 0 Å². The second-order valence-corrected chi connectivity index (χ2v) is 12.2. The van der Waals surface area contributed by atoms with Crippen molar-refractivity contribution in [2.45, 2.75) is 47.3 Å². The molecule has 2 aromatic heterocycles. The SMILES string of the molecule is Cc1nc(-c2ccc(COC(=O)Nc3ccnc(Nc4ccc(N5CCN(C)C(C)C5)c(F)c4)n3)c(-c3ccc(C)c(C)c3C)c2)no1. The van der Waals surface area contributed by atoms with Crippen LogP contribution in [0.3, 0.4) is 0 Å². The monoisotopic (exact) mass is 650 g/mol. The lowest BCUT2D eigenvalue weighted by Crippen LogP contribution is -2.50. The van der Waals surface area contributed by atoms with Crippen molar-refractivity contribution in [2.24, 2.45) is 0 Å². The van der Waals surface area contributed by atoms with Crippen LogP contribution >= 0.6 is 0 Å². The van der Waals surface area contributed by atoms with Gasteiger partial charge < -0.3 is 24.4 Å². The van der Waals surface area contributed by atoms with E-state index in [0.717, 1.165) is 47.5 Å². The zero-order valence-corrected chi connectivity index (χ0v) is 28.0. The Morgan fingerprint density at radius 3 is 2.58 bits per heavy atom. The van der Waals surface area contributed by atoms with E-state index in [0.29, 0.717) is 29.1 Å². The highest BCUT2D eigenvalue weighted by Crippen LogP contribution is 2.34. The van der Waals surface area contributed by atoms with Gasteiger partial charge in [0, 0.05) is 50.0 Å². The van der Waals surface area contributed by atoms with E-state index in [4.69, 9.17) is 9.26 Å². The Bertz CT molecular complexity index is 1960. The van der Waals surface area contributed by atoms with E-state index in [1.165, 1.54) is 23.4 Å². The number of nitrogens with zero attached hydrogens (tertiary/aromatic N) is 6. The summed E-state index contributed by atoms with van der Waals surface area (Å²) in [5.41, 5.74) is 8.09. The molecule has 0 spiro atoms. The highest BCUT2D eigenvalue weighted by molar-refractivity contribution is 5.84. The predicted octanol–water partition coefficient (Wildman–Crippen LogP) is 7.20. The van der Waals surface area contributed by atoms with Crippen LogP contribution in [0.2, 0.25) is 0 Å². The van der Waals surface area contributed by atoms with Crippen LogP contribution in [-0.4, -0.2) is 63.8 Å². The number of carbonyl (C=O) groups excluding carboxylic acids is 1. The molecular weight excluding hydrogens is 611 g/mol. The molecule has 1 atom stereocenters. The van der Waals surface area contributed by atoms with Crippen molar-refractivity contribution in [3.05, 3.63) is 94.8 Å². The number of halogens is 1. The second kappa shape index (κ2) is 13.8. The summed E-state index contributed by atoms with van der Waals surface area (Å²) in [5.74, 6) is 1.06. The molecule has 1 fully saturated rings. The first-order valence-corrected chi connectivity index (χ1v) is 15.8. The molecule has 1 saturated heterocycles. The average molecular weight is 651 g/mol. The van der Waals surface area contributed by atoms with Crippen LogP contribution in [0, 0.1) is 33.5 Å². The van der Waals surface area contributed by atoms with Crippen molar-refractivity contribution in [2.75, 3.05) is 42.2 Å². The first kappa shape index (κ1) is 32.6. The molecule has 12 heteroatoms. The van der Waals surface area contributed by atoms with Gasteiger partial charge in [-0.25, -0.2) is 14.2 Å². The van der Waals surface area contributed by atoms with Gasteiger partial charge in [-0.2, -0.15) is 9.97 Å². The maximum Gasteiger partial charge on any atom is 0.413 e. The minimum Gasteiger partial charge on any atom is -0.444 e. The van der Waals surface area contributed by atoms with Gasteiger partial charge in [-0.3, -0.25) is 5.32 Å². The molecule has 0 radical (unpaired) electrons. The summed E-state index contributed by atoms with van der Waals surface area (Å²) in [6.07, 6.45) is 0.817. The lowest BCUT2D eigenvalue weighted by atomic mass is 9.90. The summed E-state index contributed by atoms with van der Waals surface area (Å²) in [7, 11) is 2.08. The Hall–Kier alpha value is -5.36. The average Bonchev–Trinajstić information content (AvgIpc) is 3.50. The molecule has 3 aromatic carbocycles. The predicted molar refractivity (Wildman–Crippen MR) is 184 cm³/mol. The number of piperazine rings is 1. The van der Waals surface area contributed by atoms with Crippen molar-refractivity contribution in [1.82, 2.24) is 25.0 Å². The van der Waals surface area contributed by atoms with Crippen molar-refractivity contribution < 1.29 is 18.4 Å². The topological polar surface area (TPSA) is 122 Å². The number of nitrogens with one attached hydrogen (secondary N) is 2. The number of carbonyl (C=O) groups is 1. The number of aryl methyl sites for hydroxylation is 2. The van der Waals surface area contributed by atoms with Gasteiger partial charge in [0.15, 0.2) is 0 Å². The fourth-order valence-electron chi connectivity index (χ4n) is 5.77. The van der Waals surface area contributed by atoms with Crippen LogP contribution in [0.25, 0.3) is 22.5 Å². The Morgan fingerprint density at radius 2 is 1.83 bits per heavy atom. The van der Waals surface area contributed by atoms with Gasteiger partial charge in [0.2, 0.25) is 17.7 Å². The normalized spacial score (nSPS) is 15.0. The third kappa shape index (κ3) is 7.13. The van der Waals surface area contributed by atoms with Gasteiger partial charge in [-0.15, -0.1) is 0 Å². The van der Waals surface area contributed by atoms with E-state index in [9.17, 15) is 4.79 Å². The largest absolute Gasteiger partial charge is 0.444 e. The van der Waals surface area contributed by atoms with Crippen LogP contribution in [0.15, 0.2) is 65.3 Å². The molecule has 11 nitrogen and oxygen atoms in total. The quantitative estimate of drug-likeness (QED) is 0.178. The van der Waals surface area contributed by atoms with Crippen LogP contribution in [-0.2, 0) is 11.3 Å². The van der Waals surface area contributed by atoms with E-state index in [-0.39, 0.29) is 24.2 Å². The lowest BCUT2D eigenvalue weighted by molar-refractivity contribution is 0.155. The third-order valence-electron chi connectivity index (χ3n) is 8.99. The molecule has 2 N–H and O–H groups in total. The summed E-state index contributed by atoms with van der Waals surface area (Å²) < 4.78 is 26.0. The fourth-order valence-corrected chi connectivity index (χ4v) is 5.77. The maximum absolute atomic E-state index is 15.1. The van der Waals surface area contributed by atoms with E-state index in [1.54, 1.807) is 25.1 Å². The van der Waals surface area contributed by atoms with Crippen LogP contribution in [0.4, 0.5) is 32.3 Å². The molecule has 248 valence electrons. The van der Waals surface area contributed by atoms with Crippen molar-refractivity contribution in [1.29, 1.82) is 0 Å². The molecule has 1 amide bonds. The Balaban J connectivity index is 1.14. The first-order chi connectivity index (χ1) is 23.0. The number of ether oxygens (including phenoxy) is 1. The molecule has 3 heterocycles. The van der Waals surface area contributed by atoms with E-state index in [2.05, 4.69) is 87.4 Å². The summed E-state index contributed by atoms with van der Waals surface area (Å²) in [5, 5.41) is 9.76. The summed E-state index contributed by atoms with van der Waals surface area (Å²) in [4.78, 5) is 30.2. The molecule has 48 heavy (non-hydrogen) atoms. The fraction of sp³-hybridized carbons (Fsp3) is 0.306. The number of hydrogen-bond donors (Lipinski definition) is 2. The number of amides is 1. The highest BCUT2D eigenvalue weighted by Gasteiger charge is 2.23. The second-order valence-electron chi connectivity index (χ2n) is 12.2. The Morgan fingerprint density at radius 1 is 1.00 bits per heavy atom. The van der Waals surface area contributed by atoms with Crippen molar-refractivity contribution in [3.8, 4) is 22.5 Å². The summed E-state index contributed by atoms with van der Waals surface area (Å²) in [6, 6.07) is 16.8. The van der Waals surface area contributed by atoms with Gasteiger partial charge in [-0.05, 0) is 98.5 Å². The number of rotatable bonds is 8.